The highest BCUT2D eigenvalue weighted by Crippen LogP contribution is 2.19. The van der Waals surface area contributed by atoms with Gasteiger partial charge in [-0.25, -0.2) is 8.42 Å². The first kappa shape index (κ1) is 23.8. The summed E-state index contributed by atoms with van der Waals surface area (Å²) in [4.78, 5) is 23.8. The molecular formula is C18H24ClN3O5S. The summed E-state index contributed by atoms with van der Waals surface area (Å²) in [6.07, 6.45) is 0. The van der Waals surface area contributed by atoms with Crippen molar-refractivity contribution in [3.8, 4) is 0 Å². The van der Waals surface area contributed by atoms with Crippen LogP contribution in [0.25, 0.3) is 10.8 Å². The Labute approximate surface area is 170 Å². The Morgan fingerprint density at radius 2 is 1.79 bits per heavy atom. The molecule has 8 nitrogen and oxygen atoms in total. The Hall–Kier alpha value is -2.20. The minimum Gasteiger partial charge on any atom is -0.465 e. The Morgan fingerprint density at radius 1 is 1.14 bits per heavy atom. The summed E-state index contributed by atoms with van der Waals surface area (Å²) in [5.74, 6) is -1.29. The second kappa shape index (κ2) is 10.4. The van der Waals surface area contributed by atoms with E-state index in [9.17, 15) is 18.0 Å². The minimum atomic E-state index is -4.02. The Bertz CT molecular complexity index is 934. The summed E-state index contributed by atoms with van der Waals surface area (Å²) in [5.41, 5.74) is 5.46. The Kier molecular flexibility index (Phi) is 8.83. The van der Waals surface area contributed by atoms with Crippen molar-refractivity contribution in [2.24, 2.45) is 5.73 Å². The molecule has 0 fully saturated rings. The van der Waals surface area contributed by atoms with E-state index in [0.717, 1.165) is 10.8 Å². The van der Waals surface area contributed by atoms with Gasteiger partial charge in [-0.2, -0.15) is 4.72 Å². The third kappa shape index (κ3) is 6.16. The van der Waals surface area contributed by atoms with Crippen molar-refractivity contribution in [3.63, 3.8) is 0 Å². The molecule has 0 aliphatic carbocycles. The van der Waals surface area contributed by atoms with Gasteiger partial charge in [-0.15, -0.1) is 12.4 Å². The summed E-state index contributed by atoms with van der Waals surface area (Å²) >= 11 is 0. The molecule has 0 aliphatic heterocycles. The molecule has 0 saturated carbocycles. The van der Waals surface area contributed by atoms with E-state index >= 15 is 0 Å². The molecule has 2 atom stereocenters. The lowest BCUT2D eigenvalue weighted by molar-refractivity contribution is -0.145. The second-order valence-electron chi connectivity index (χ2n) is 5.97. The Morgan fingerprint density at radius 3 is 2.39 bits per heavy atom. The standard InChI is InChI=1S/C18H23N3O5S.ClH/c1-3-26-18(23)16(11-20-17(22)12(2)19)21-27(24,25)15-9-8-13-6-4-5-7-14(13)10-15;/h4-10,12,16,21H,3,11,19H2,1-2H3,(H,20,22);1H. The van der Waals surface area contributed by atoms with Crippen LogP contribution in [0.3, 0.4) is 0 Å². The molecule has 2 aromatic rings. The molecule has 0 bridgehead atoms. The maximum absolute atomic E-state index is 12.7. The summed E-state index contributed by atoms with van der Waals surface area (Å²) in [5, 5.41) is 4.07. The van der Waals surface area contributed by atoms with Gasteiger partial charge in [-0.3, -0.25) is 9.59 Å². The van der Waals surface area contributed by atoms with E-state index < -0.39 is 34.0 Å². The van der Waals surface area contributed by atoms with E-state index in [1.165, 1.54) is 19.1 Å². The molecule has 0 aromatic heterocycles. The molecule has 2 unspecified atom stereocenters. The SMILES string of the molecule is CCOC(=O)C(CNC(=O)C(C)N)NS(=O)(=O)c1ccc2ccccc2c1.Cl. The van der Waals surface area contributed by atoms with Crippen LogP contribution in [0.1, 0.15) is 13.8 Å². The molecule has 0 aliphatic rings. The first-order valence-corrected chi connectivity index (χ1v) is 9.94. The van der Waals surface area contributed by atoms with Gasteiger partial charge in [-0.1, -0.05) is 30.3 Å². The number of esters is 1. The lowest BCUT2D eigenvalue weighted by Gasteiger charge is -2.19. The molecule has 0 spiro atoms. The van der Waals surface area contributed by atoms with E-state index in [4.69, 9.17) is 10.5 Å². The summed E-state index contributed by atoms with van der Waals surface area (Å²) < 4.78 is 32.6. The van der Waals surface area contributed by atoms with Crippen LogP contribution in [-0.4, -0.2) is 45.5 Å². The van der Waals surface area contributed by atoms with Crippen molar-refractivity contribution in [1.29, 1.82) is 0 Å². The number of hydrogen-bond acceptors (Lipinski definition) is 6. The monoisotopic (exact) mass is 429 g/mol. The fourth-order valence-corrected chi connectivity index (χ4v) is 3.59. The fourth-order valence-electron chi connectivity index (χ4n) is 2.37. The van der Waals surface area contributed by atoms with Crippen LogP contribution in [0.4, 0.5) is 0 Å². The van der Waals surface area contributed by atoms with Crippen LogP contribution in [-0.2, 0) is 24.3 Å². The van der Waals surface area contributed by atoms with Gasteiger partial charge >= 0.3 is 5.97 Å². The zero-order chi connectivity index (χ0) is 20.0. The van der Waals surface area contributed by atoms with E-state index in [2.05, 4.69) is 10.0 Å². The van der Waals surface area contributed by atoms with Crippen LogP contribution in [0.2, 0.25) is 0 Å². The maximum Gasteiger partial charge on any atom is 0.326 e. The predicted octanol–water partition coefficient (Wildman–Crippen LogP) is 0.935. The third-order valence-electron chi connectivity index (χ3n) is 3.79. The van der Waals surface area contributed by atoms with Crippen molar-refractivity contribution in [1.82, 2.24) is 10.0 Å². The first-order chi connectivity index (χ1) is 12.7. The van der Waals surface area contributed by atoms with Gasteiger partial charge in [-0.05, 0) is 36.8 Å². The van der Waals surface area contributed by atoms with E-state index in [-0.39, 0.29) is 30.5 Å². The number of fused-ring (bicyclic) bond motifs is 1. The van der Waals surface area contributed by atoms with E-state index in [1.54, 1.807) is 25.1 Å². The zero-order valence-corrected chi connectivity index (χ0v) is 17.2. The van der Waals surface area contributed by atoms with Crippen LogP contribution in [0.15, 0.2) is 47.4 Å². The number of halogens is 1. The van der Waals surface area contributed by atoms with Crippen molar-refractivity contribution < 1.29 is 22.7 Å². The average molecular weight is 430 g/mol. The molecule has 0 heterocycles. The van der Waals surface area contributed by atoms with Gasteiger partial charge < -0.3 is 15.8 Å². The average Bonchev–Trinajstić information content (AvgIpc) is 2.64. The van der Waals surface area contributed by atoms with E-state index in [1.807, 2.05) is 12.1 Å². The highest BCUT2D eigenvalue weighted by Gasteiger charge is 2.27. The largest absolute Gasteiger partial charge is 0.465 e. The zero-order valence-electron chi connectivity index (χ0n) is 15.5. The molecule has 2 rings (SSSR count). The van der Waals surface area contributed by atoms with Crippen molar-refractivity contribution in [2.75, 3.05) is 13.2 Å². The lowest BCUT2D eigenvalue weighted by Crippen LogP contribution is -2.51. The fraction of sp³-hybridized carbons (Fsp3) is 0.333. The van der Waals surface area contributed by atoms with Crippen LogP contribution in [0, 0.1) is 0 Å². The number of nitrogens with two attached hydrogens (primary N) is 1. The Balaban J connectivity index is 0.00000392. The number of ether oxygens (including phenoxy) is 1. The van der Waals surface area contributed by atoms with Gasteiger partial charge in [0.2, 0.25) is 15.9 Å². The predicted molar refractivity (Wildman–Crippen MR) is 109 cm³/mol. The second-order valence-corrected chi connectivity index (χ2v) is 7.68. The number of hydrogen-bond donors (Lipinski definition) is 3. The number of nitrogens with one attached hydrogen (secondary N) is 2. The molecule has 154 valence electrons. The van der Waals surface area contributed by atoms with Crippen LogP contribution in [0.5, 0.6) is 0 Å². The van der Waals surface area contributed by atoms with Gasteiger partial charge in [0, 0.05) is 6.54 Å². The van der Waals surface area contributed by atoms with Crippen LogP contribution < -0.4 is 15.8 Å². The molecular weight excluding hydrogens is 406 g/mol. The maximum atomic E-state index is 12.7. The number of carbonyl (C=O) groups excluding carboxylic acids is 2. The highest BCUT2D eigenvalue weighted by molar-refractivity contribution is 7.89. The highest BCUT2D eigenvalue weighted by atomic mass is 35.5. The quantitative estimate of drug-likeness (QED) is 0.536. The van der Waals surface area contributed by atoms with E-state index in [0.29, 0.717) is 0 Å². The minimum absolute atomic E-state index is 0. The molecule has 0 saturated heterocycles. The smallest absolute Gasteiger partial charge is 0.326 e. The van der Waals surface area contributed by atoms with Gasteiger partial charge in [0.15, 0.2) is 0 Å². The molecule has 2 aromatic carbocycles. The molecule has 1 amide bonds. The van der Waals surface area contributed by atoms with Gasteiger partial charge in [0.05, 0.1) is 17.5 Å². The summed E-state index contributed by atoms with van der Waals surface area (Å²) in [7, 11) is -4.02. The lowest BCUT2D eigenvalue weighted by atomic mass is 10.1. The van der Waals surface area contributed by atoms with Crippen molar-refractivity contribution in [3.05, 3.63) is 42.5 Å². The summed E-state index contributed by atoms with van der Waals surface area (Å²) in [6, 6.07) is 9.90. The topological polar surface area (TPSA) is 128 Å². The normalized spacial score (nSPS) is 13.2. The van der Waals surface area contributed by atoms with Crippen LogP contribution >= 0.6 is 12.4 Å². The first-order valence-electron chi connectivity index (χ1n) is 8.45. The number of benzene rings is 2. The van der Waals surface area contributed by atoms with Gasteiger partial charge in [0.1, 0.15) is 6.04 Å². The number of carbonyl (C=O) groups is 2. The third-order valence-corrected chi connectivity index (χ3v) is 5.26. The van der Waals surface area contributed by atoms with Gasteiger partial charge in [0.25, 0.3) is 0 Å². The molecule has 4 N–H and O–H groups in total. The number of rotatable bonds is 8. The van der Waals surface area contributed by atoms with Crippen molar-refractivity contribution in [2.45, 2.75) is 30.8 Å². The number of sulfonamides is 1. The number of amides is 1. The molecule has 10 heteroatoms. The molecule has 0 radical (unpaired) electrons. The molecule has 28 heavy (non-hydrogen) atoms. The van der Waals surface area contributed by atoms with Crippen molar-refractivity contribution >= 4 is 45.1 Å². The summed E-state index contributed by atoms with van der Waals surface area (Å²) in [6.45, 7) is 2.89.